The Morgan fingerprint density at radius 2 is 1.96 bits per heavy atom. The summed E-state index contributed by atoms with van der Waals surface area (Å²) in [6.07, 6.45) is 2.29. The average Bonchev–Trinajstić information content (AvgIpc) is 2.59. The van der Waals surface area contributed by atoms with Gasteiger partial charge >= 0.3 is 0 Å². The van der Waals surface area contributed by atoms with Crippen LogP contribution in [0.5, 0.6) is 0 Å². The van der Waals surface area contributed by atoms with Gasteiger partial charge in [-0.3, -0.25) is 0 Å². The van der Waals surface area contributed by atoms with Gasteiger partial charge in [0.1, 0.15) is 13.1 Å². The van der Waals surface area contributed by atoms with E-state index in [1.54, 1.807) is 4.90 Å². The molecule has 0 saturated carbocycles. The van der Waals surface area contributed by atoms with E-state index in [1.807, 2.05) is 0 Å². The summed E-state index contributed by atoms with van der Waals surface area (Å²) in [5, 5.41) is 7.26. The lowest BCUT2D eigenvalue weighted by Crippen LogP contribution is -3.14. The number of quaternary nitrogens is 1. The minimum atomic E-state index is 0.608. The summed E-state index contributed by atoms with van der Waals surface area (Å²) in [6, 6.07) is 8.57. The van der Waals surface area contributed by atoms with Crippen LogP contribution in [0.2, 0.25) is 0 Å². The Bertz CT molecular complexity index is 472. The Morgan fingerprint density at radius 3 is 2.61 bits per heavy atom. The number of hydrogen-bond donors (Lipinski definition) is 3. The van der Waals surface area contributed by atoms with Gasteiger partial charge in [-0.2, -0.15) is 0 Å². The summed E-state index contributed by atoms with van der Waals surface area (Å²) in [5.41, 5.74) is 2.43. The molecule has 1 atom stereocenters. The molecular formula is C18H30N3OS+. The zero-order chi connectivity index (χ0) is 16.5. The number of hydrogen-bond acceptors (Lipinski definition) is 2. The highest BCUT2D eigenvalue weighted by Gasteiger charge is 2.12. The fraction of sp³-hybridized carbons (Fsp3) is 0.611. The zero-order valence-electron chi connectivity index (χ0n) is 14.4. The van der Waals surface area contributed by atoms with Gasteiger partial charge in [0, 0.05) is 18.7 Å². The summed E-state index contributed by atoms with van der Waals surface area (Å²) in [5.74, 6) is 0.608. The monoisotopic (exact) mass is 336 g/mol. The molecular weight excluding hydrogens is 306 g/mol. The van der Waals surface area contributed by atoms with Crippen molar-refractivity contribution in [2.45, 2.75) is 32.6 Å². The van der Waals surface area contributed by atoms with Crippen molar-refractivity contribution in [2.24, 2.45) is 0 Å². The molecule has 0 unspecified atom stereocenters. The molecule has 4 nitrogen and oxygen atoms in total. The molecule has 0 radical (unpaired) electrons. The van der Waals surface area contributed by atoms with Gasteiger partial charge in [0.25, 0.3) is 0 Å². The largest absolute Gasteiger partial charge is 0.370 e. The van der Waals surface area contributed by atoms with Gasteiger partial charge in [0.2, 0.25) is 0 Å². The molecule has 0 spiro atoms. The maximum atomic E-state index is 5.37. The summed E-state index contributed by atoms with van der Waals surface area (Å²) in [4.78, 5) is 1.64. The van der Waals surface area contributed by atoms with Gasteiger partial charge in [0.05, 0.1) is 19.8 Å². The standard InChI is InChI=1S/C18H29N3OS/c1-3-15(2)16-5-7-17(8-6-16)20-18(23)19-9-4-10-21-11-13-22-14-12-21/h5-8,15H,3-4,9-14H2,1-2H3,(H2,19,20,23)/p+1/t15-/m1/s1. The zero-order valence-corrected chi connectivity index (χ0v) is 15.2. The van der Waals surface area contributed by atoms with Crippen molar-refractivity contribution in [1.82, 2.24) is 5.32 Å². The lowest BCUT2D eigenvalue weighted by atomic mass is 9.99. The maximum Gasteiger partial charge on any atom is 0.170 e. The molecule has 3 N–H and O–H groups in total. The molecule has 128 valence electrons. The Kier molecular flexibility index (Phi) is 7.79. The van der Waals surface area contributed by atoms with Crippen LogP contribution in [0.1, 0.15) is 38.2 Å². The Hall–Kier alpha value is -1.17. The highest BCUT2D eigenvalue weighted by Crippen LogP contribution is 2.20. The first-order chi connectivity index (χ1) is 11.2. The van der Waals surface area contributed by atoms with E-state index < -0.39 is 0 Å². The van der Waals surface area contributed by atoms with Crippen LogP contribution in [0.15, 0.2) is 24.3 Å². The average molecular weight is 337 g/mol. The molecule has 5 heteroatoms. The van der Waals surface area contributed by atoms with Gasteiger partial charge < -0.3 is 20.3 Å². The van der Waals surface area contributed by atoms with E-state index in [-0.39, 0.29) is 0 Å². The second-order valence-electron chi connectivity index (χ2n) is 6.28. The van der Waals surface area contributed by atoms with Crippen LogP contribution < -0.4 is 15.5 Å². The molecule has 0 aromatic heterocycles. The number of benzene rings is 1. The smallest absolute Gasteiger partial charge is 0.170 e. The Balaban J connectivity index is 1.64. The first kappa shape index (κ1) is 18.2. The number of rotatable bonds is 7. The summed E-state index contributed by atoms with van der Waals surface area (Å²) < 4.78 is 5.37. The second kappa shape index (κ2) is 9.85. The molecule has 1 saturated heterocycles. The highest BCUT2D eigenvalue weighted by molar-refractivity contribution is 7.80. The topological polar surface area (TPSA) is 37.7 Å². The number of morpholine rings is 1. The summed E-state index contributed by atoms with van der Waals surface area (Å²) in [7, 11) is 0. The highest BCUT2D eigenvalue weighted by atomic mass is 32.1. The maximum absolute atomic E-state index is 5.37. The molecule has 0 amide bonds. The van der Waals surface area contributed by atoms with Crippen molar-refractivity contribution in [3.05, 3.63) is 29.8 Å². The minimum Gasteiger partial charge on any atom is -0.370 e. The molecule has 1 aliphatic rings. The molecule has 0 aliphatic carbocycles. The lowest BCUT2D eigenvalue weighted by Gasteiger charge is -2.23. The first-order valence-electron chi connectivity index (χ1n) is 8.75. The summed E-state index contributed by atoms with van der Waals surface area (Å²) >= 11 is 5.36. The summed E-state index contributed by atoms with van der Waals surface area (Å²) in [6.45, 7) is 10.6. The number of thiocarbonyl (C=S) groups is 1. The van der Waals surface area contributed by atoms with Crippen molar-refractivity contribution in [1.29, 1.82) is 0 Å². The minimum absolute atomic E-state index is 0.608. The van der Waals surface area contributed by atoms with Crippen molar-refractivity contribution in [3.63, 3.8) is 0 Å². The number of ether oxygens (including phenoxy) is 1. The van der Waals surface area contributed by atoms with Crippen LogP contribution >= 0.6 is 12.2 Å². The van der Waals surface area contributed by atoms with E-state index in [2.05, 4.69) is 48.7 Å². The molecule has 1 heterocycles. The number of nitrogens with one attached hydrogen (secondary N) is 3. The van der Waals surface area contributed by atoms with E-state index in [4.69, 9.17) is 17.0 Å². The SMILES string of the molecule is CC[C@@H](C)c1ccc(NC(=S)NCCC[NH+]2CCOCC2)cc1. The molecule has 1 aliphatic heterocycles. The van der Waals surface area contributed by atoms with Crippen molar-refractivity contribution in [3.8, 4) is 0 Å². The first-order valence-corrected chi connectivity index (χ1v) is 9.16. The Morgan fingerprint density at radius 1 is 1.26 bits per heavy atom. The molecule has 1 fully saturated rings. The molecule has 1 aromatic carbocycles. The van der Waals surface area contributed by atoms with Gasteiger partial charge in [-0.25, -0.2) is 0 Å². The van der Waals surface area contributed by atoms with E-state index in [0.717, 1.165) is 51.4 Å². The van der Waals surface area contributed by atoms with Crippen LogP contribution in [0.4, 0.5) is 5.69 Å². The fourth-order valence-electron chi connectivity index (χ4n) is 2.76. The van der Waals surface area contributed by atoms with Crippen LogP contribution in [0.25, 0.3) is 0 Å². The third-order valence-corrected chi connectivity index (χ3v) is 4.79. The van der Waals surface area contributed by atoms with Gasteiger partial charge in [-0.1, -0.05) is 26.0 Å². The molecule has 0 bridgehead atoms. The van der Waals surface area contributed by atoms with E-state index in [1.165, 1.54) is 12.1 Å². The van der Waals surface area contributed by atoms with Crippen molar-refractivity contribution >= 4 is 23.0 Å². The number of anilines is 1. The second-order valence-corrected chi connectivity index (χ2v) is 6.69. The van der Waals surface area contributed by atoms with Crippen LogP contribution in [-0.2, 0) is 4.74 Å². The Labute approximate surface area is 145 Å². The van der Waals surface area contributed by atoms with E-state index in [9.17, 15) is 0 Å². The lowest BCUT2D eigenvalue weighted by molar-refractivity contribution is -0.908. The third kappa shape index (κ3) is 6.45. The van der Waals surface area contributed by atoms with Gasteiger partial charge in [-0.15, -0.1) is 0 Å². The van der Waals surface area contributed by atoms with Crippen LogP contribution in [-0.4, -0.2) is 44.5 Å². The normalized spacial score (nSPS) is 16.8. The van der Waals surface area contributed by atoms with E-state index in [0.29, 0.717) is 11.0 Å². The predicted octanol–water partition coefficient (Wildman–Crippen LogP) is 1.79. The van der Waals surface area contributed by atoms with Crippen molar-refractivity contribution < 1.29 is 9.64 Å². The van der Waals surface area contributed by atoms with Crippen LogP contribution in [0.3, 0.4) is 0 Å². The van der Waals surface area contributed by atoms with Gasteiger partial charge in [-0.05, 0) is 42.3 Å². The molecule has 23 heavy (non-hydrogen) atoms. The van der Waals surface area contributed by atoms with Gasteiger partial charge in [0.15, 0.2) is 5.11 Å². The quantitative estimate of drug-likeness (QED) is 0.524. The third-order valence-electron chi connectivity index (χ3n) is 4.54. The van der Waals surface area contributed by atoms with E-state index >= 15 is 0 Å². The van der Waals surface area contributed by atoms with Crippen LogP contribution in [0, 0.1) is 0 Å². The van der Waals surface area contributed by atoms with Crippen molar-refractivity contribution in [2.75, 3.05) is 44.7 Å². The fourth-order valence-corrected chi connectivity index (χ4v) is 2.98. The molecule has 1 aromatic rings. The predicted molar refractivity (Wildman–Crippen MR) is 100 cm³/mol. The molecule has 2 rings (SSSR count).